The van der Waals surface area contributed by atoms with Crippen molar-refractivity contribution in [2.45, 2.75) is 75.9 Å². The summed E-state index contributed by atoms with van der Waals surface area (Å²) in [6.45, 7) is 8.44. The summed E-state index contributed by atoms with van der Waals surface area (Å²) >= 11 is 0. The van der Waals surface area contributed by atoms with Crippen LogP contribution in [0.3, 0.4) is 0 Å². The molecular weight excluding hydrogens is 949 g/mol. The van der Waals surface area contributed by atoms with Gasteiger partial charge in [0.1, 0.15) is 37.4 Å². The summed E-state index contributed by atoms with van der Waals surface area (Å²) in [5.74, 6) is 0. The van der Waals surface area contributed by atoms with Crippen molar-refractivity contribution >= 4 is 71.3 Å². The SMILES string of the molecule is C[n+]1ccn(CC2CC(n3cc[n+](C)c3)CN2c2ccc(N)cc2)c1.Cc1cc(N2CCCC2C[N+](C)(C)C)ccc1N.Cl.Cl.Cl.Nc1ccc(N2CC([n+]3ccccc3)CC2C[n+]2ccccc2)cc1. The fourth-order valence-corrected chi connectivity index (χ4v) is 10.4. The van der Waals surface area contributed by atoms with Crippen LogP contribution in [-0.2, 0) is 27.2 Å². The molecule has 380 valence electrons. The highest BCUT2D eigenvalue weighted by Crippen LogP contribution is 2.34. The number of anilines is 6. The van der Waals surface area contributed by atoms with Crippen molar-refractivity contribution < 1.29 is 22.8 Å². The molecule has 7 heterocycles. The van der Waals surface area contributed by atoms with Gasteiger partial charge >= 0.3 is 0 Å². The Hall–Kier alpha value is -5.99. The Morgan fingerprint density at radius 3 is 1.75 bits per heavy atom. The highest BCUT2D eigenvalue weighted by Gasteiger charge is 2.40. The van der Waals surface area contributed by atoms with Crippen LogP contribution in [-0.4, -0.2) is 79.1 Å². The number of aromatic nitrogens is 6. The highest BCUT2D eigenvalue weighted by atomic mass is 35.5. The summed E-state index contributed by atoms with van der Waals surface area (Å²) in [6, 6.07) is 38.0. The molecule has 5 unspecified atom stereocenters. The van der Waals surface area contributed by atoms with Crippen LogP contribution in [0, 0.1) is 6.92 Å². The minimum absolute atomic E-state index is 0. The average molecular weight is 1030 g/mol. The topological polar surface area (TPSA) is 113 Å². The largest absolute Gasteiger partial charge is 0.399 e. The first kappa shape index (κ1) is 55.9. The fourth-order valence-electron chi connectivity index (χ4n) is 10.4. The van der Waals surface area contributed by atoms with Crippen LogP contribution in [0.4, 0.5) is 34.1 Å². The monoisotopic (exact) mass is 1030 g/mol. The Balaban J connectivity index is 0.000000197. The molecule has 16 heteroatoms. The van der Waals surface area contributed by atoms with E-state index in [4.69, 9.17) is 17.2 Å². The molecule has 4 aromatic heterocycles. The van der Waals surface area contributed by atoms with Crippen molar-refractivity contribution in [2.75, 3.05) is 79.2 Å². The third kappa shape index (κ3) is 15.0. The van der Waals surface area contributed by atoms with Gasteiger partial charge in [0.15, 0.2) is 37.4 Å². The molecule has 0 spiro atoms. The van der Waals surface area contributed by atoms with Crippen LogP contribution >= 0.6 is 37.2 Å². The molecule has 0 amide bonds. The van der Waals surface area contributed by atoms with Gasteiger partial charge in [-0.2, -0.15) is 0 Å². The van der Waals surface area contributed by atoms with Crippen LogP contribution in [0.5, 0.6) is 0 Å². The normalized spacial score (nSPS) is 19.4. The molecule has 5 atom stereocenters. The molecule has 0 aliphatic carbocycles. The molecule has 3 aliphatic heterocycles. The molecule has 7 aromatic rings. The average Bonchev–Trinajstić information content (AvgIpc) is 4.19. The van der Waals surface area contributed by atoms with Crippen LogP contribution in [0.25, 0.3) is 0 Å². The summed E-state index contributed by atoms with van der Waals surface area (Å²) < 4.78 is 14.4. The van der Waals surface area contributed by atoms with E-state index in [0.717, 1.165) is 60.6 Å². The molecule has 13 nitrogen and oxygen atoms in total. The lowest BCUT2D eigenvalue weighted by Crippen LogP contribution is -2.46. The number of rotatable bonds is 11. The zero-order chi connectivity index (χ0) is 47.8. The first-order valence-electron chi connectivity index (χ1n) is 24.4. The molecule has 0 radical (unpaired) electrons. The number of hydrogen-bond acceptors (Lipinski definition) is 6. The van der Waals surface area contributed by atoms with Crippen molar-refractivity contribution in [1.82, 2.24) is 9.13 Å². The second-order valence-corrected chi connectivity index (χ2v) is 20.3. The zero-order valence-electron chi connectivity index (χ0n) is 42.5. The van der Waals surface area contributed by atoms with E-state index in [1.165, 1.54) is 48.6 Å². The van der Waals surface area contributed by atoms with Crippen LogP contribution in [0.2, 0.25) is 0 Å². The Morgan fingerprint density at radius 2 is 1.18 bits per heavy atom. The maximum Gasteiger partial charge on any atom is 0.243 e. The van der Waals surface area contributed by atoms with E-state index in [-0.39, 0.29) is 37.2 Å². The first-order chi connectivity index (χ1) is 32.7. The maximum absolute atomic E-state index is 5.90. The van der Waals surface area contributed by atoms with Gasteiger partial charge in [0.05, 0.1) is 73.0 Å². The maximum atomic E-state index is 5.90. The molecule has 3 fully saturated rings. The van der Waals surface area contributed by atoms with Crippen molar-refractivity contribution in [3.8, 4) is 0 Å². The van der Waals surface area contributed by atoms with Crippen LogP contribution in [0.1, 0.15) is 43.3 Å². The number of imidazole rings is 2. The van der Waals surface area contributed by atoms with Gasteiger partial charge in [-0.1, -0.05) is 12.1 Å². The summed E-state index contributed by atoms with van der Waals surface area (Å²) in [4.78, 5) is 7.59. The summed E-state index contributed by atoms with van der Waals surface area (Å²) in [5, 5.41) is 0. The van der Waals surface area contributed by atoms with Crippen LogP contribution in [0.15, 0.2) is 165 Å². The van der Waals surface area contributed by atoms with E-state index >= 15 is 0 Å². The zero-order valence-corrected chi connectivity index (χ0v) is 44.9. The van der Waals surface area contributed by atoms with E-state index in [1.54, 1.807) is 0 Å². The third-order valence-corrected chi connectivity index (χ3v) is 13.8. The van der Waals surface area contributed by atoms with Gasteiger partial charge < -0.3 is 36.4 Å². The van der Waals surface area contributed by atoms with Gasteiger partial charge in [-0.3, -0.25) is 0 Å². The standard InChI is InChI=1S/C21H24N4.C19H26N6.C15H26N3.3ClH/c22-18-7-9-19(10-8-18)25-17-20(24-13-5-2-6-14-24)15-21(25)16-23-11-3-1-4-12-23;1-21-7-9-23(14-21)12-19-11-18(24-10-8-22(2)15-24)13-25(19)17-5-3-16(20)4-6-17;1-12-10-13(7-8-15(12)16)17-9-5-6-14(17)11-18(2,3)4;;;/h1-14,20-21H,15-17,22H2;3-10,14-15,18-19H,11-13,20H2,1-2H3;7-8,10,14H,5-6,9,11,16H2,1-4H3;3*1H/q2*+2;+1;;;. The number of halogens is 3. The summed E-state index contributed by atoms with van der Waals surface area (Å²) in [5.41, 5.74) is 25.2. The third-order valence-electron chi connectivity index (χ3n) is 13.8. The second-order valence-electron chi connectivity index (χ2n) is 20.3. The highest BCUT2D eigenvalue weighted by molar-refractivity contribution is 5.86. The lowest BCUT2D eigenvalue weighted by atomic mass is 10.1. The van der Waals surface area contributed by atoms with E-state index in [0.29, 0.717) is 30.2 Å². The Morgan fingerprint density at radius 1 is 0.606 bits per heavy atom. The first-order valence-corrected chi connectivity index (χ1v) is 24.4. The molecule has 3 saturated heterocycles. The smallest absolute Gasteiger partial charge is 0.243 e. The van der Waals surface area contributed by atoms with E-state index in [9.17, 15) is 0 Å². The fraction of sp³-hybridized carbons (Fsp3) is 0.382. The number of quaternary nitrogens is 1. The molecule has 6 N–H and O–H groups in total. The molecule has 71 heavy (non-hydrogen) atoms. The summed E-state index contributed by atoms with van der Waals surface area (Å²) in [6.07, 6.45) is 26.3. The summed E-state index contributed by atoms with van der Waals surface area (Å²) in [7, 11) is 10.9. The molecule has 10 rings (SSSR count). The second kappa shape index (κ2) is 25.4. The lowest BCUT2D eigenvalue weighted by Gasteiger charge is -2.33. The molecular formula is C55H79Cl3N13+5. The van der Waals surface area contributed by atoms with Gasteiger partial charge in [0, 0.05) is 77.8 Å². The van der Waals surface area contributed by atoms with E-state index < -0.39 is 0 Å². The van der Waals surface area contributed by atoms with Crippen molar-refractivity contribution in [1.29, 1.82) is 0 Å². The van der Waals surface area contributed by atoms with Gasteiger partial charge in [-0.15, -0.1) is 37.2 Å². The van der Waals surface area contributed by atoms with Gasteiger partial charge in [0.25, 0.3) is 0 Å². The Bertz CT molecular complexity index is 2660. The molecule has 0 bridgehead atoms. The van der Waals surface area contributed by atoms with Crippen molar-refractivity contribution in [3.05, 3.63) is 171 Å². The minimum atomic E-state index is 0. The number of nitrogens with zero attached hydrogens (tertiary/aromatic N) is 10. The molecule has 3 aromatic carbocycles. The van der Waals surface area contributed by atoms with E-state index in [2.05, 4.69) is 219 Å². The minimum Gasteiger partial charge on any atom is -0.399 e. The number of pyridine rings is 2. The molecule has 3 aliphatic rings. The van der Waals surface area contributed by atoms with Gasteiger partial charge in [0.2, 0.25) is 12.7 Å². The predicted molar refractivity (Wildman–Crippen MR) is 296 cm³/mol. The number of aryl methyl sites for hydroxylation is 3. The number of nitrogens with two attached hydrogens (primary N) is 3. The van der Waals surface area contributed by atoms with E-state index in [1.807, 2.05) is 30.3 Å². The van der Waals surface area contributed by atoms with Gasteiger partial charge in [-0.25, -0.2) is 27.4 Å². The van der Waals surface area contributed by atoms with Crippen molar-refractivity contribution in [2.24, 2.45) is 14.1 Å². The van der Waals surface area contributed by atoms with Gasteiger partial charge in [-0.05, 0) is 92.1 Å². The molecule has 0 saturated carbocycles. The number of likely N-dealkylation sites (N-methyl/N-ethyl adjacent to an activating group) is 1. The Labute approximate surface area is 441 Å². The predicted octanol–water partition coefficient (Wildman–Crippen LogP) is 6.92. The number of nitrogen functional groups attached to an aromatic ring is 3. The number of benzene rings is 3. The quantitative estimate of drug-likeness (QED) is 0.0738. The van der Waals surface area contributed by atoms with Crippen molar-refractivity contribution in [3.63, 3.8) is 0 Å². The lowest BCUT2D eigenvalue weighted by molar-refractivity contribution is -0.871. The number of hydrogen-bond donors (Lipinski definition) is 3. The van der Waals surface area contributed by atoms with Crippen LogP contribution < -0.4 is 50.2 Å². The Kier molecular flexibility index (Phi) is 20.0.